The summed E-state index contributed by atoms with van der Waals surface area (Å²) in [5, 5.41) is 8.79. The lowest BCUT2D eigenvalue weighted by molar-refractivity contribution is 0.281. The maximum absolute atomic E-state index is 13.6. The van der Waals surface area contributed by atoms with Gasteiger partial charge in [0.2, 0.25) is 10.0 Å². The molecule has 0 amide bonds. The van der Waals surface area contributed by atoms with Crippen LogP contribution in [0.4, 0.5) is 4.39 Å². The quantitative estimate of drug-likeness (QED) is 0.881. The summed E-state index contributed by atoms with van der Waals surface area (Å²) in [6.45, 7) is 1.03. The Labute approximate surface area is 126 Å². The Kier molecular flexibility index (Phi) is 4.67. The average Bonchev–Trinajstić information content (AvgIpc) is 2.95. The maximum atomic E-state index is 13.6. The molecule has 1 atom stereocenters. The molecule has 1 aromatic heterocycles. The molecule has 1 heterocycles. The van der Waals surface area contributed by atoms with Crippen LogP contribution in [0, 0.1) is 5.82 Å². The number of aliphatic hydroxyl groups excluding tert-OH is 1. The van der Waals surface area contributed by atoms with E-state index in [0.29, 0.717) is 5.76 Å². The molecule has 0 aliphatic carbocycles. The second-order valence-electron chi connectivity index (χ2n) is 4.39. The van der Waals surface area contributed by atoms with Gasteiger partial charge < -0.3 is 9.52 Å². The van der Waals surface area contributed by atoms with Gasteiger partial charge in [-0.05, 0) is 31.2 Å². The number of hydrogen-bond acceptors (Lipinski definition) is 4. The fourth-order valence-electron chi connectivity index (χ4n) is 1.79. The summed E-state index contributed by atoms with van der Waals surface area (Å²) in [5.74, 6) is -0.482. The molecule has 1 aromatic carbocycles. The number of halogens is 2. The van der Waals surface area contributed by atoms with Crippen LogP contribution < -0.4 is 4.72 Å². The molecule has 0 saturated carbocycles. The van der Waals surface area contributed by atoms with Crippen LogP contribution >= 0.6 is 11.6 Å². The molecule has 2 N–H and O–H groups in total. The van der Waals surface area contributed by atoms with Crippen molar-refractivity contribution in [2.75, 3.05) is 0 Å². The van der Waals surface area contributed by atoms with Crippen LogP contribution in [0.25, 0.3) is 0 Å². The minimum Gasteiger partial charge on any atom is -0.468 e. The highest BCUT2D eigenvalue weighted by Crippen LogP contribution is 2.25. The molecule has 8 heteroatoms. The van der Waals surface area contributed by atoms with Gasteiger partial charge in [-0.3, -0.25) is 0 Å². The molecule has 2 rings (SSSR count). The van der Waals surface area contributed by atoms with Crippen molar-refractivity contribution in [2.24, 2.45) is 0 Å². The second-order valence-corrected chi connectivity index (χ2v) is 6.49. The van der Waals surface area contributed by atoms with Crippen LogP contribution in [0.5, 0.6) is 0 Å². The minimum atomic E-state index is -3.98. The Morgan fingerprint density at radius 1 is 1.48 bits per heavy atom. The summed E-state index contributed by atoms with van der Waals surface area (Å²) in [4.78, 5) is -0.313. The second kappa shape index (κ2) is 6.15. The third kappa shape index (κ3) is 3.44. The Morgan fingerprint density at radius 2 is 2.19 bits per heavy atom. The van der Waals surface area contributed by atoms with E-state index in [0.717, 1.165) is 12.1 Å². The van der Waals surface area contributed by atoms with Gasteiger partial charge >= 0.3 is 0 Å². The van der Waals surface area contributed by atoms with Crippen LogP contribution in [-0.4, -0.2) is 13.5 Å². The number of furan rings is 1. The van der Waals surface area contributed by atoms with Crippen molar-refractivity contribution in [3.8, 4) is 0 Å². The van der Waals surface area contributed by atoms with Crippen molar-refractivity contribution in [3.63, 3.8) is 0 Å². The van der Waals surface area contributed by atoms with Gasteiger partial charge in [-0.15, -0.1) is 0 Å². The molecule has 0 saturated heterocycles. The zero-order valence-electron chi connectivity index (χ0n) is 11.0. The highest BCUT2D eigenvalue weighted by atomic mass is 35.5. The first-order chi connectivity index (χ1) is 9.85. The summed E-state index contributed by atoms with van der Waals surface area (Å²) >= 11 is 5.64. The summed E-state index contributed by atoms with van der Waals surface area (Å²) in [5.41, 5.74) is 0.00249. The smallest absolute Gasteiger partial charge is 0.241 e. The van der Waals surface area contributed by atoms with Gasteiger partial charge in [0, 0.05) is 5.56 Å². The molecule has 0 fully saturated rings. The van der Waals surface area contributed by atoms with Gasteiger partial charge in [-0.25, -0.2) is 17.5 Å². The van der Waals surface area contributed by atoms with Crippen LogP contribution in [0.2, 0.25) is 5.02 Å². The van der Waals surface area contributed by atoms with Crippen molar-refractivity contribution < 1.29 is 22.3 Å². The number of nitrogens with one attached hydrogen (secondary N) is 1. The fraction of sp³-hybridized carbons (Fsp3) is 0.231. The Morgan fingerprint density at radius 3 is 2.76 bits per heavy atom. The van der Waals surface area contributed by atoms with E-state index in [1.54, 1.807) is 19.1 Å². The van der Waals surface area contributed by atoms with E-state index < -0.39 is 28.5 Å². The summed E-state index contributed by atoms with van der Waals surface area (Å²) < 4.78 is 45.5. The van der Waals surface area contributed by atoms with Crippen molar-refractivity contribution >= 4 is 21.6 Å². The third-order valence-electron chi connectivity index (χ3n) is 2.86. The lowest BCUT2D eigenvalue weighted by atomic mass is 10.2. The molecule has 21 heavy (non-hydrogen) atoms. The Balaban J connectivity index is 2.34. The molecule has 0 aliphatic heterocycles. The molecule has 2 aromatic rings. The van der Waals surface area contributed by atoms with Crippen molar-refractivity contribution in [1.29, 1.82) is 0 Å². The highest BCUT2D eigenvalue weighted by Gasteiger charge is 2.22. The van der Waals surface area contributed by atoms with Crippen LogP contribution in [0.1, 0.15) is 24.3 Å². The summed E-state index contributed by atoms with van der Waals surface area (Å²) in [6.07, 6.45) is 1.42. The van der Waals surface area contributed by atoms with E-state index in [4.69, 9.17) is 21.1 Å². The number of rotatable bonds is 5. The summed E-state index contributed by atoms with van der Waals surface area (Å²) in [7, 11) is -3.98. The number of benzene rings is 1. The van der Waals surface area contributed by atoms with Crippen molar-refractivity contribution in [2.45, 2.75) is 24.5 Å². The zero-order valence-corrected chi connectivity index (χ0v) is 12.6. The predicted octanol–water partition coefficient (Wildman–Crippen LogP) is 2.60. The first-order valence-corrected chi connectivity index (χ1v) is 7.86. The molecular formula is C13H13ClFNO4S. The standard InChI is InChI=1S/C13H13ClFNO4S/c1-8(12-3-2-4-20-12)16-21(18,19)10-5-9(7-17)13(14)11(15)6-10/h2-6,8,16-17H,7H2,1H3. The average molecular weight is 334 g/mol. The van der Waals surface area contributed by atoms with Crippen LogP contribution in [-0.2, 0) is 16.6 Å². The van der Waals surface area contributed by atoms with E-state index in [2.05, 4.69) is 4.72 Å². The Hall–Kier alpha value is -1.41. The first-order valence-electron chi connectivity index (χ1n) is 5.99. The van der Waals surface area contributed by atoms with Gasteiger partial charge in [-0.1, -0.05) is 11.6 Å². The number of hydrogen-bond donors (Lipinski definition) is 2. The molecule has 114 valence electrons. The SMILES string of the molecule is CC(NS(=O)(=O)c1cc(F)c(Cl)c(CO)c1)c1ccco1. The van der Waals surface area contributed by atoms with E-state index in [9.17, 15) is 12.8 Å². The predicted molar refractivity (Wildman–Crippen MR) is 74.8 cm³/mol. The Bertz CT molecular complexity index is 731. The third-order valence-corrected chi connectivity index (χ3v) is 4.80. The minimum absolute atomic E-state index is 0.00249. The molecule has 0 radical (unpaired) electrons. The van der Waals surface area contributed by atoms with E-state index in [-0.39, 0.29) is 15.5 Å². The molecule has 0 aliphatic rings. The maximum Gasteiger partial charge on any atom is 0.241 e. The fourth-order valence-corrected chi connectivity index (χ4v) is 3.23. The van der Waals surface area contributed by atoms with Gasteiger partial charge in [0.25, 0.3) is 0 Å². The molecule has 0 spiro atoms. The van der Waals surface area contributed by atoms with Gasteiger partial charge in [-0.2, -0.15) is 0 Å². The number of sulfonamides is 1. The monoisotopic (exact) mass is 333 g/mol. The van der Waals surface area contributed by atoms with E-state index in [1.165, 1.54) is 6.26 Å². The molecular weight excluding hydrogens is 321 g/mol. The van der Waals surface area contributed by atoms with E-state index in [1.807, 2.05) is 0 Å². The first kappa shape index (κ1) is 16.0. The van der Waals surface area contributed by atoms with E-state index >= 15 is 0 Å². The zero-order chi connectivity index (χ0) is 15.6. The van der Waals surface area contributed by atoms with Crippen molar-refractivity contribution in [1.82, 2.24) is 4.72 Å². The highest BCUT2D eigenvalue weighted by molar-refractivity contribution is 7.89. The van der Waals surface area contributed by atoms with Crippen molar-refractivity contribution in [3.05, 3.63) is 52.7 Å². The van der Waals surface area contributed by atoms with Gasteiger partial charge in [0.05, 0.1) is 28.8 Å². The summed E-state index contributed by atoms with van der Waals surface area (Å²) in [6, 6.07) is 4.56. The van der Waals surface area contributed by atoms with Crippen LogP contribution in [0.3, 0.4) is 0 Å². The normalized spacial score (nSPS) is 13.3. The lowest BCUT2D eigenvalue weighted by Crippen LogP contribution is -2.27. The largest absolute Gasteiger partial charge is 0.468 e. The number of aliphatic hydroxyl groups is 1. The topological polar surface area (TPSA) is 79.5 Å². The lowest BCUT2D eigenvalue weighted by Gasteiger charge is -2.13. The molecule has 1 unspecified atom stereocenters. The van der Waals surface area contributed by atoms with Crippen LogP contribution in [0.15, 0.2) is 39.8 Å². The molecule has 0 bridgehead atoms. The van der Waals surface area contributed by atoms with Gasteiger partial charge in [0.15, 0.2) is 0 Å². The molecule has 5 nitrogen and oxygen atoms in total. The van der Waals surface area contributed by atoms with Gasteiger partial charge in [0.1, 0.15) is 11.6 Å².